The molecule has 5 aromatic rings. The van der Waals surface area contributed by atoms with Crippen molar-refractivity contribution in [1.82, 2.24) is 0 Å². The van der Waals surface area contributed by atoms with Crippen molar-refractivity contribution in [3.05, 3.63) is 103 Å². The van der Waals surface area contributed by atoms with Crippen LogP contribution in [-0.2, 0) is 0 Å². The van der Waals surface area contributed by atoms with E-state index in [0.717, 1.165) is 50.0 Å². The Bertz CT molecular complexity index is 1520. The predicted octanol–water partition coefficient (Wildman–Crippen LogP) is 8.87. The molecule has 0 amide bonds. The van der Waals surface area contributed by atoms with Crippen LogP contribution in [0.1, 0.15) is 5.56 Å². The van der Waals surface area contributed by atoms with Crippen molar-refractivity contribution in [3.63, 3.8) is 0 Å². The van der Waals surface area contributed by atoms with E-state index in [9.17, 15) is 0 Å². The SMILES string of the molecule is CN=Nc1ccc(N=Nc2ccc(NNc3ccc(C)cc3)c3ccccc23)c2ccccc12. The molecule has 0 saturated heterocycles. The van der Waals surface area contributed by atoms with E-state index in [1.54, 1.807) is 7.05 Å². The highest BCUT2D eigenvalue weighted by atomic mass is 15.4. The molecule has 0 bridgehead atoms. The van der Waals surface area contributed by atoms with Gasteiger partial charge < -0.3 is 10.9 Å². The number of anilines is 2. The smallest absolute Gasteiger partial charge is 0.0936 e. The first-order valence-corrected chi connectivity index (χ1v) is 11.1. The summed E-state index contributed by atoms with van der Waals surface area (Å²) in [5, 5.41) is 21.4. The van der Waals surface area contributed by atoms with Gasteiger partial charge in [-0.1, -0.05) is 66.2 Å². The fourth-order valence-electron chi connectivity index (χ4n) is 3.91. The Kier molecular flexibility index (Phi) is 5.95. The van der Waals surface area contributed by atoms with Crippen LogP contribution in [0, 0.1) is 6.92 Å². The third kappa shape index (κ3) is 4.34. The van der Waals surface area contributed by atoms with E-state index in [0.29, 0.717) is 0 Å². The summed E-state index contributed by atoms with van der Waals surface area (Å²) >= 11 is 0. The second-order valence-electron chi connectivity index (χ2n) is 7.94. The highest BCUT2D eigenvalue weighted by Crippen LogP contribution is 2.36. The minimum atomic E-state index is 0.790. The summed E-state index contributed by atoms with van der Waals surface area (Å²) in [7, 11) is 1.67. The Hall–Kier alpha value is -4.58. The minimum absolute atomic E-state index is 0.790. The molecule has 6 nitrogen and oxygen atoms in total. The number of azo groups is 2. The summed E-state index contributed by atoms with van der Waals surface area (Å²) in [6.45, 7) is 2.07. The molecular formula is C28H24N6. The fraction of sp³-hybridized carbons (Fsp3) is 0.0714. The minimum Gasteiger partial charge on any atom is -0.301 e. The van der Waals surface area contributed by atoms with Crippen molar-refractivity contribution in [2.75, 3.05) is 17.9 Å². The lowest BCUT2D eigenvalue weighted by atomic mass is 10.1. The highest BCUT2D eigenvalue weighted by molar-refractivity contribution is 6.02. The predicted molar refractivity (Wildman–Crippen MR) is 141 cm³/mol. The molecule has 2 N–H and O–H groups in total. The van der Waals surface area contributed by atoms with Crippen LogP contribution >= 0.6 is 0 Å². The first kappa shape index (κ1) is 21.3. The summed E-state index contributed by atoms with van der Waals surface area (Å²) in [5.41, 5.74) is 12.2. The van der Waals surface area contributed by atoms with Gasteiger partial charge in [0.2, 0.25) is 0 Å². The Balaban J connectivity index is 1.48. The number of aryl methyl sites for hydroxylation is 1. The van der Waals surface area contributed by atoms with E-state index in [1.807, 2.05) is 72.8 Å². The van der Waals surface area contributed by atoms with Crippen molar-refractivity contribution in [1.29, 1.82) is 0 Å². The van der Waals surface area contributed by atoms with Gasteiger partial charge in [-0.3, -0.25) is 0 Å². The lowest BCUT2D eigenvalue weighted by molar-refractivity contribution is 1.17. The maximum absolute atomic E-state index is 4.62. The quantitative estimate of drug-likeness (QED) is 0.203. The summed E-state index contributed by atoms with van der Waals surface area (Å²) in [6, 6.07) is 32.3. The monoisotopic (exact) mass is 444 g/mol. The molecule has 0 aliphatic heterocycles. The summed E-state index contributed by atoms with van der Waals surface area (Å²) in [5.74, 6) is 0. The maximum Gasteiger partial charge on any atom is 0.0936 e. The van der Waals surface area contributed by atoms with Gasteiger partial charge in [-0.15, -0.1) is 10.2 Å². The third-order valence-electron chi connectivity index (χ3n) is 5.65. The van der Waals surface area contributed by atoms with E-state index < -0.39 is 0 Å². The molecule has 0 aromatic heterocycles. The number of rotatable bonds is 6. The second-order valence-corrected chi connectivity index (χ2v) is 7.94. The van der Waals surface area contributed by atoms with Gasteiger partial charge >= 0.3 is 0 Å². The second kappa shape index (κ2) is 9.50. The van der Waals surface area contributed by atoms with Crippen molar-refractivity contribution >= 4 is 50.0 Å². The number of hydrazine groups is 1. The summed E-state index contributed by atoms with van der Waals surface area (Å²) < 4.78 is 0. The largest absolute Gasteiger partial charge is 0.301 e. The first-order chi connectivity index (χ1) is 16.7. The number of nitrogens with one attached hydrogen (secondary N) is 2. The molecule has 0 radical (unpaired) electrons. The zero-order valence-corrected chi connectivity index (χ0v) is 19.0. The van der Waals surface area contributed by atoms with Crippen LogP contribution in [0.25, 0.3) is 21.5 Å². The Morgan fingerprint density at radius 1 is 0.500 bits per heavy atom. The molecule has 0 atom stereocenters. The van der Waals surface area contributed by atoms with Crippen molar-refractivity contribution in [3.8, 4) is 0 Å². The van der Waals surface area contributed by atoms with Crippen LogP contribution in [0.2, 0.25) is 0 Å². The molecule has 6 heteroatoms. The fourth-order valence-corrected chi connectivity index (χ4v) is 3.91. The lowest BCUT2D eigenvalue weighted by Gasteiger charge is -2.13. The molecule has 0 aliphatic rings. The van der Waals surface area contributed by atoms with Crippen molar-refractivity contribution < 1.29 is 0 Å². The van der Waals surface area contributed by atoms with Gasteiger partial charge in [0.15, 0.2) is 0 Å². The molecule has 0 spiro atoms. The zero-order chi connectivity index (χ0) is 23.3. The number of hydrogen-bond acceptors (Lipinski definition) is 6. The van der Waals surface area contributed by atoms with Gasteiger partial charge in [0.25, 0.3) is 0 Å². The van der Waals surface area contributed by atoms with Crippen LogP contribution < -0.4 is 10.9 Å². The van der Waals surface area contributed by atoms with Crippen molar-refractivity contribution in [2.24, 2.45) is 20.5 Å². The van der Waals surface area contributed by atoms with Gasteiger partial charge in [-0.2, -0.15) is 10.2 Å². The number of hydrogen-bond donors (Lipinski definition) is 2. The summed E-state index contributed by atoms with van der Waals surface area (Å²) in [6.07, 6.45) is 0. The van der Waals surface area contributed by atoms with Crippen LogP contribution in [0.3, 0.4) is 0 Å². The molecule has 34 heavy (non-hydrogen) atoms. The van der Waals surface area contributed by atoms with E-state index in [2.05, 4.69) is 62.5 Å². The molecule has 0 aliphatic carbocycles. The molecule has 5 aromatic carbocycles. The summed E-state index contributed by atoms with van der Waals surface area (Å²) in [4.78, 5) is 0. The Morgan fingerprint density at radius 2 is 1.00 bits per heavy atom. The maximum atomic E-state index is 4.62. The standard InChI is InChI=1S/C28H24N6/c1-19-11-13-20(14-12-19)30-32-26-17-18-28(24-10-6-5-9-23(24)26)34-33-27-16-15-25(31-29-2)21-7-3-4-8-22(21)27/h3-18,30,32H,1-2H3. The van der Waals surface area contributed by atoms with Crippen LogP contribution in [0.15, 0.2) is 118 Å². The Labute approximate surface area is 198 Å². The average Bonchev–Trinajstić information content (AvgIpc) is 2.88. The van der Waals surface area contributed by atoms with Gasteiger partial charge in [0.05, 0.1) is 28.4 Å². The van der Waals surface area contributed by atoms with E-state index >= 15 is 0 Å². The van der Waals surface area contributed by atoms with Crippen LogP contribution in [0.4, 0.5) is 28.4 Å². The van der Waals surface area contributed by atoms with E-state index in [-0.39, 0.29) is 0 Å². The average molecular weight is 445 g/mol. The number of benzene rings is 5. The third-order valence-corrected chi connectivity index (χ3v) is 5.65. The Morgan fingerprint density at radius 3 is 1.59 bits per heavy atom. The van der Waals surface area contributed by atoms with E-state index in [1.165, 1.54) is 5.56 Å². The zero-order valence-electron chi connectivity index (χ0n) is 19.0. The molecule has 166 valence electrons. The number of nitrogens with zero attached hydrogens (tertiary/aromatic N) is 4. The molecule has 0 heterocycles. The first-order valence-electron chi connectivity index (χ1n) is 11.1. The van der Waals surface area contributed by atoms with Crippen molar-refractivity contribution in [2.45, 2.75) is 6.92 Å². The van der Waals surface area contributed by atoms with Gasteiger partial charge in [-0.05, 0) is 43.3 Å². The van der Waals surface area contributed by atoms with Gasteiger partial charge in [-0.25, -0.2) is 0 Å². The highest BCUT2D eigenvalue weighted by Gasteiger charge is 2.08. The molecule has 0 saturated carbocycles. The van der Waals surface area contributed by atoms with Crippen LogP contribution in [0.5, 0.6) is 0 Å². The molecule has 0 unspecified atom stereocenters. The topological polar surface area (TPSA) is 73.5 Å². The van der Waals surface area contributed by atoms with Gasteiger partial charge in [0, 0.05) is 28.6 Å². The normalized spacial score (nSPS) is 11.6. The van der Waals surface area contributed by atoms with Crippen LogP contribution in [-0.4, -0.2) is 7.05 Å². The van der Waals surface area contributed by atoms with Gasteiger partial charge in [0.1, 0.15) is 0 Å². The molecule has 5 rings (SSSR count). The van der Waals surface area contributed by atoms with E-state index in [4.69, 9.17) is 0 Å². The molecular weight excluding hydrogens is 420 g/mol. The lowest BCUT2D eigenvalue weighted by Crippen LogP contribution is -2.08. The molecule has 0 fully saturated rings. The number of fused-ring (bicyclic) bond motifs is 2.